The molecule has 0 N–H and O–H groups in total. The molecular formula is C15H12N8S. The van der Waals surface area contributed by atoms with E-state index in [-0.39, 0.29) is 0 Å². The van der Waals surface area contributed by atoms with Crippen molar-refractivity contribution in [2.75, 3.05) is 0 Å². The van der Waals surface area contributed by atoms with Crippen LogP contribution in [0.1, 0.15) is 18.9 Å². The smallest absolute Gasteiger partial charge is 0.215 e. The fourth-order valence-corrected chi connectivity index (χ4v) is 3.29. The maximum Gasteiger partial charge on any atom is 0.215 e. The van der Waals surface area contributed by atoms with Gasteiger partial charge >= 0.3 is 0 Å². The highest BCUT2D eigenvalue weighted by Crippen LogP contribution is 2.37. The summed E-state index contributed by atoms with van der Waals surface area (Å²) in [5, 5.41) is 26.6. The van der Waals surface area contributed by atoms with Gasteiger partial charge in [0.25, 0.3) is 0 Å². The lowest BCUT2D eigenvalue weighted by molar-refractivity contribution is 0.565. The molecule has 1 aliphatic carbocycles. The van der Waals surface area contributed by atoms with Crippen molar-refractivity contribution in [3.05, 3.63) is 42.5 Å². The van der Waals surface area contributed by atoms with Crippen molar-refractivity contribution >= 4 is 17.4 Å². The molecule has 1 saturated carbocycles. The SMILES string of the molecule is c1ccc(-c2nnc3ccc(Sc4nnnn4C4CC4)nn23)cc1. The van der Waals surface area contributed by atoms with Crippen molar-refractivity contribution < 1.29 is 0 Å². The minimum Gasteiger partial charge on any atom is -0.217 e. The summed E-state index contributed by atoms with van der Waals surface area (Å²) in [5.74, 6) is 0.717. The number of rotatable bonds is 4. The summed E-state index contributed by atoms with van der Waals surface area (Å²) in [6.07, 6.45) is 2.27. The van der Waals surface area contributed by atoms with Gasteiger partial charge in [0.1, 0.15) is 5.03 Å². The Bertz CT molecular complexity index is 1000. The van der Waals surface area contributed by atoms with Crippen molar-refractivity contribution in [2.45, 2.75) is 29.1 Å². The molecule has 0 atom stereocenters. The average Bonchev–Trinajstić information content (AvgIpc) is 3.22. The zero-order chi connectivity index (χ0) is 15.9. The molecule has 0 amide bonds. The zero-order valence-electron chi connectivity index (χ0n) is 12.5. The van der Waals surface area contributed by atoms with E-state index in [2.05, 4.69) is 30.8 Å². The third-order valence-corrected chi connectivity index (χ3v) is 4.70. The van der Waals surface area contributed by atoms with E-state index in [4.69, 9.17) is 0 Å². The normalized spacial score (nSPS) is 14.3. The maximum absolute atomic E-state index is 4.65. The second-order valence-electron chi connectivity index (χ2n) is 5.57. The Morgan fingerprint density at radius 3 is 2.67 bits per heavy atom. The van der Waals surface area contributed by atoms with Crippen LogP contribution in [0.4, 0.5) is 0 Å². The van der Waals surface area contributed by atoms with Crippen LogP contribution in [0.3, 0.4) is 0 Å². The Morgan fingerprint density at radius 2 is 1.83 bits per heavy atom. The molecular weight excluding hydrogens is 324 g/mol. The lowest BCUT2D eigenvalue weighted by atomic mass is 10.2. The number of aromatic nitrogens is 8. The van der Waals surface area contributed by atoms with Crippen LogP contribution in [0.15, 0.2) is 52.6 Å². The van der Waals surface area contributed by atoms with Crippen LogP contribution in [0.2, 0.25) is 0 Å². The van der Waals surface area contributed by atoms with E-state index in [0.29, 0.717) is 11.7 Å². The van der Waals surface area contributed by atoms with Gasteiger partial charge in [0.05, 0.1) is 6.04 Å². The Kier molecular flexibility index (Phi) is 3.05. The van der Waals surface area contributed by atoms with Gasteiger partial charge in [-0.3, -0.25) is 0 Å². The number of hydrogen-bond donors (Lipinski definition) is 0. The monoisotopic (exact) mass is 336 g/mol. The van der Waals surface area contributed by atoms with Gasteiger partial charge in [-0.05, 0) is 47.2 Å². The largest absolute Gasteiger partial charge is 0.217 e. The minimum absolute atomic E-state index is 0.432. The van der Waals surface area contributed by atoms with Crippen LogP contribution >= 0.6 is 11.8 Å². The Morgan fingerprint density at radius 1 is 0.958 bits per heavy atom. The standard InChI is InChI=1S/C15H12N8S/c1-2-4-10(5-3-1)14-17-16-12-8-9-13(19-23(12)14)24-15-18-20-21-22(15)11-6-7-11/h1-5,8-9,11H,6-7H2. The van der Waals surface area contributed by atoms with Crippen molar-refractivity contribution in [3.63, 3.8) is 0 Å². The van der Waals surface area contributed by atoms with Gasteiger partial charge in [0, 0.05) is 5.56 Å². The van der Waals surface area contributed by atoms with E-state index in [9.17, 15) is 0 Å². The fourth-order valence-electron chi connectivity index (χ4n) is 2.49. The Hall–Kier alpha value is -2.81. The molecule has 0 saturated heterocycles. The van der Waals surface area contributed by atoms with Crippen LogP contribution in [0.25, 0.3) is 17.0 Å². The van der Waals surface area contributed by atoms with Gasteiger partial charge in [-0.1, -0.05) is 30.3 Å². The van der Waals surface area contributed by atoms with Gasteiger partial charge in [0.15, 0.2) is 11.5 Å². The molecule has 9 heteroatoms. The number of tetrazole rings is 1. The predicted molar refractivity (Wildman–Crippen MR) is 86.4 cm³/mol. The lowest BCUT2D eigenvalue weighted by Crippen LogP contribution is -2.00. The molecule has 1 fully saturated rings. The third kappa shape index (κ3) is 2.33. The maximum atomic E-state index is 4.65. The number of nitrogens with zero attached hydrogens (tertiary/aromatic N) is 8. The van der Waals surface area contributed by atoms with Crippen LogP contribution in [-0.4, -0.2) is 40.0 Å². The highest BCUT2D eigenvalue weighted by atomic mass is 32.2. The highest BCUT2D eigenvalue weighted by molar-refractivity contribution is 7.99. The molecule has 8 nitrogen and oxygen atoms in total. The number of fused-ring (bicyclic) bond motifs is 1. The van der Waals surface area contributed by atoms with Crippen molar-refractivity contribution in [3.8, 4) is 11.4 Å². The van der Waals surface area contributed by atoms with E-state index in [0.717, 1.165) is 34.4 Å². The second-order valence-corrected chi connectivity index (χ2v) is 6.56. The first-order chi connectivity index (χ1) is 11.9. The molecule has 4 aromatic rings. The first-order valence-corrected chi connectivity index (χ1v) is 8.44. The van der Waals surface area contributed by atoms with Gasteiger partial charge in [0.2, 0.25) is 5.16 Å². The van der Waals surface area contributed by atoms with Gasteiger partial charge in [-0.2, -0.15) is 9.61 Å². The van der Waals surface area contributed by atoms with E-state index >= 15 is 0 Å². The summed E-state index contributed by atoms with van der Waals surface area (Å²) in [6, 6.07) is 14.1. The fraction of sp³-hybridized carbons (Fsp3) is 0.200. The molecule has 24 heavy (non-hydrogen) atoms. The predicted octanol–water partition coefficient (Wildman–Crippen LogP) is 2.26. The van der Waals surface area contributed by atoms with Crippen LogP contribution < -0.4 is 0 Å². The highest BCUT2D eigenvalue weighted by Gasteiger charge is 2.28. The first-order valence-electron chi connectivity index (χ1n) is 7.62. The van der Waals surface area contributed by atoms with Gasteiger partial charge < -0.3 is 0 Å². The summed E-state index contributed by atoms with van der Waals surface area (Å²) in [7, 11) is 0. The van der Waals surface area contributed by atoms with Crippen molar-refractivity contribution in [1.29, 1.82) is 0 Å². The van der Waals surface area contributed by atoms with Crippen LogP contribution in [0, 0.1) is 0 Å². The zero-order valence-corrected chi connectivity index (χ0v) is 13.3. The topological polar surface area (TPSA) is 86.7 Å². The van der Waals surface area contributed by atoms with Crippen molar-refractivity contribution in [1.82, 2.24) is 40.0 Å². The Labute approximate surface area is 140 Å². The summed E-state index contributed by atoms with van der Waals surface area (Å²) in [5.41, 5.74) is 1.68. The Balaban J connectivity index is 1.54. The molecule has 5 rings (SSSR count). The molecule has 0 bridgehead atoms. The summed E-state index contributed by atoms with van der Waals surface area (Å²) >= 11 is 1.45. The second kappa shape index (κ2) is 5.38. The quantitative estimate of drug-likeness (QED) is 0.565. The molecule has 0 spiro atoms. The molecule has 1 aliphatic rings. The van der Waals surface area contributed by atoms with Gasteiger partial charge in [-0.25, -0.2) is 4.68 Å². The molecule has 3 aromatic heterocycles. The molecule has 1 aromatic carbocycles. The van der Waals surface area contributed by atoms with Crippen LogP contribution in [0.5, 0.6) is 0 Å². The first kappa shape index (κ1) is 13.6. The third-order valence-electron chi connectivity index (χ3n) is 3.82. The molecule has 3 heterocycles. The molecule has 0 radical (unpaired) electrons. The summed E-state index contributed by atoms with van der Waals surface area (Å²) in [6.45, 7) is 0. The van der Waals surface area contributed by atoms with E-state index in [1.807, 2.05) is 47.1 Å². The van der Waals surface area contributed by atoms with Gasteiger partial charge in [-0.15, -0.1) is 15.3 Å². The average molecular weight is 336 g/mol. The van der Waals surface area contributed by atoms with Crippen LogP contribution in [-0.2, 0) is 0 Å². The summed E-state index contributed by atoms with van der Waals surface area (Å²) < 4.78 is 3.63. The summed E-state index contributed by atoms with van der Waals surface area (Å²) in [4.78, 5) is 0. The molecule has 0 aliphatic heterocycles. The van der Waals surface area contributed by atoms with E-state index in [1.165, 1.54) is 11.8 Å². The number of benzene rings is 1. The molecule has 118 valence electrons. The minimum atomic E-state index is 0.432. The van der Waals surface area contributed by atoms with Crippen molar-refractivity contribution in [2.24, 2.45) is 0 Å². The molecule has 0 unspecified atom stereocenters. The van der Waals surface area contributed by atoms with E-state index in [1.54, 1.807) is 4.52 Å². The van der Waals surface area contributed by atoms with E-state index < -0.39 is 0 Å². The number of hydrogen-bond acceptors (Lipinski definition) is 7. The lowest BCUT2D eigenvalue weighted by Gasteiger charge is -2.03.